The minimum absolute atomic E-state index is 0.250. The third-order valence-electron chi connectivity index (χ3n) is 1.19. The lowest BCUT2D eigenvalue weighted by Gasteiger charge is -2.02. The minimum Gasteiger partial charge on any atom is -0.450 e. The van der Waals surface area contributed by atoms with Crippen LogP contribution in [0, 0.1) is 0 Å². The summed E-state index contributed by atoms with van der Waals surface area (Å²) in [5.41, 5.74) is 0. The monoisotopic (exact) mass is 241 g/mol. The zero-order valence-electron chi connectivity index (χ0n) is 9.41. The van der Waals surface area contributed by atoms with Gasteiger partial charge in [0.1, 0.15) is 6.73 Å². The predicted molar refractivity (Wildman–Crippen MR) is 57.9 cm³/mol. The van der Waals surface area contributed by atoms with Crippen LogP contribution in [0.15, 0.2) is 0 Å². The Morgan fingerprint density at radius 3 is 2.20 bits per heavy atom. The van der Waals surface area contributed by atoms with E-state index in [9.17, 15) is 9.36 Å². The summed E-state index contributed by atoms with van der Waals surface area (Å²) in [5.74, 6) is 0. The molecule has 0 aliphatic heterocycles. The summed E-state index contributed by atoms with van der Waals surface area (Å²) >= 11 is 0. The Morgan fingerprint density at radius 1 is 1.33 bits per heavy atom. The fraction of sp³-hybridized carbons (Fsp3) is 0.875. The number of amides is 1. The molecule has 0 aliphatic carbocycles. The van der Waals surface area contributed by atoms with Gasteiger partial charge < -0.3 is 9.63 Å². The van der Waals surface area contributed by atoms with Crippen molar-refractivity contribution >= 4 is 14.3 Å². The van der Waals surface area contributed by atoms with E-state index in [0.717, 1.165) is 0 Å². The molecule has 0 radical (unpaired) electrons. The van der Waals surface area contributed by atoms with Crippen LogP contribution in [-0.4, -0.2) is 24.3 Å². The van der Waals surface area contributed by atoms with E-state index >= 15 is 0 Å². The van der Waals surface area contributed by atoms with E-state index in [1.165, 1.54) is 12.8 Å². The van der Waals surface area contributed by atoms with Gasteiger partial charge in [0.25, 0.3) is 0 Å². The molecule has 0 saturated carbocycles. The maximum absolute atomic E-state index is 10.4. The molecule has 92 valence electrons. The zero-order chi connectivity index (χ0) is 12.1. The van der Waals surface area contributed by atoms with E-state index in [4.69, 9.17) is 4.89 Å². The van der Waals surface area contributed by atoms with Gasteiger partial charge in [-0.3, -0.25) is 14.4 Å². The van der Waals surface area contributed by atoms with Crippen molar-refractivity contribution in [1.82, 2.24) is 5.32 Å². The summed E-state index contributed by atoms with van der Waals surface area (Å²) < 4.78 is 18.5. The Labute approximate surface area is 90.9 Å². The summed E-state index contributed by atoms with van der Waals surface area (Å²) in [5, 5.41) is 2.10. The average Bonchev–Trinajstić information content (AvgIpc) is 2.18. The minimum atomic E-state index is -2.97. The Hall–Kier alpha value is -0.580. The molecule has 0 rings (SSSR count). The second-order valence-corrected chi connectivity index (χ2v) is 3.27. The Balaban J connectivity index is 0. The van der Waals surface area contributed by atoms with Crippen LogP contribution in [0.2, 0.25) is 0 Å². The van der Waals surface area contributed by atoms with Crippen LogP contribution in [0.1, 0.15) is 33.6 Å². The molecule has 0 bridgehead atoms. The van der Waals surface area contributed by atoms with Crippen LogP contribution in [0.25, 0.3) is 0 Å². The molecule has 0 spiro atoms. The largest absolute Gasteiger partial charge is 0.450 e. The van der Waals surface area contributed by atoms with Gasteiger partial charge in [-0.2, -0.15) is 0 Å². The Kier molecular flexibility index (Phi) is 15.1. The molecule has 1 atom stereocenters. The van der Waals surface area contributed by atoms with Gasteiger partial charge in [-0.05, 0) is 6.92 Å². The van der Waals surface area contributed by atoms with Crippen molar-refractivity contribution in [2.75, 3.05) is 13.3 Å². The first-order chi connectivity index (χ1) is 7.08. The molecule has 0 aliphatic rings. The highest BCUT2D eigenvalue weighted by Gasteiger charge is 1.98. The summed E-state index contributed by atoms with van der Waals surface area (Å²) in [7, 11) is -2.97. The smallest absolute Gasteiger partial charge is 0.408 e. The molecule has 0 aromatic heterocycles. The average molecular weight is 241 g/mol. The van der Waals surface area contributed by atoms with E-state index in [1.807, 2.05) is 0 Å². The first kappa shape index (κ1) is 16.8. The van der Waals surface area contributed by atoms with E-state index in [0.29, 0.717) is 0 Å². The second kappa shape index (κ2) is 13.4. The number of hydrogen-bond donors (Lipinski definition) is 2. The number of unbranched alkanes of at least 4 members (excludes halogenated alkanes) is 1. The van der Waals surface area contributed by atoms with E-state index in [2.05, 4.69) is 28.4 Å². The summed E-state index contributed by atoms with van der Waals surface area (Å²) in [4.78, 5) is 18.6. The standard InChI is InChI=1S/C4H10NO5P.C4H10/c1-2-9-4(6)5-3-10-11(7)8;1-3-4-2/h11H,2-3H2,1H3,(H,5,6)(H,7,8);3-4H2,1-2H3. The van der Waals surface area contributed by atoms with Crippen molar-refractivity contribution < 1.29 is 23.5 Å². The fourth-order valence-corrected chi connectivity index (χ4v) is 0.535. The SMILES string of the molecule is CCCC.CCOC(=O)NCO[PH](=O)O. The molecule has 1 unspecified atom stereocenters. The molecule has 0 aromatic rings. The molecule has 0 heterocycles. The van der Waals surface area contributed by atoms with Crippen LogP contribution in [-0.2, 0) is 13.8 Å². The van der Waals surface area contributed by atoms with E-state index in [1.54, 1.807) is 6.92 Å². The molecular formula is C8H20NO5P. The van der Waals surface area contributed by atoms with Crippen molar-refractivity contribution in [3.63, 3.8) is 0 Å². The molecule has 15 heavy (non-hydrogen) atoms. The Bertz CT molecular complexity index is 174. The molecule has 2 N–H and O–H groups in total. The summed E-state index contributed by atoms with van der Waals surface area (Å²) in [6.45, 7) is 5.95. The molecular weight excluding hydrogens is 221 g/mol. The van der Waals surface area contributed by atoms with Gasteiger partial charge in [0.05, 0.1) is 6.61 Å². The van der Waals surface area contributed by atoms with Crippen molar-refractivity contribution in [1.29, 1.82) is 0 Å². The second-order valence-electron chi connectivity index (χ2n) is 2.45. The summed E-state index contributed by atoms with van der Waals surface area (Å²) in [6, 6.07) is 0. The molecule has 0 fully saturated rings. The lowest BCUT2D eigenvalue weighted by Crippen LogP contribution is -2.25. The number of ether oxygens (including phenoxy) is 1. The molecule has 1 amide bonds. The van der Waals surface area contributed by atoms with Gasteiger partial charge in [-0.15, -0.1) is 0 Å². The topological polar surface area (TPSA) is 84.9 Å². The van der Waals surface area contributed by atoms with E-state index < -0.39 is 14.3 Å². The zero-order valence-corrected chi connectivity index (χ0v) is 10.4. The van der Waals surface area contributed by atoms with Gasteiger partial charge in [0.2, 0.25) is 0 Å². The third kappa shape index (κ3) is 19.7. The van der Waals surface area contributed by atoms with Crippen LogP contribution in [0.5, 0.6) is 0 Å². The van der Waals surface area contributed by atoms with Crippen LogP contribution < -0.4 is 5.32 Å². The number of carbonyl (C=O) groups excluding carboxylic acids is 1. The quantitative estimate of drug-likeness (QED) is 0.567. The fourth-order valence-electron chi connectivity index (χ4n) is 0.339. The third-order valence-corrected chi connectivity index (χ3v) is 1.58. The maximum Gasteiger partial charge on any atom is 0.408 e. The van der Waals surface area contributed by atoms with Crippen LogP contribution in [0.3, 0.4) is 0 Å². The molecule has 0 aromatic carbocycles. The van der Waals surface area contributed by atoms with Crippen LogP contribution >= 0.6 is 8.25 Å². The van der Waals surface area contributed by atoms with Crippen molar-refractivity contribution in [2.45, 2.75) is 33.6 Å². The normalized spacial score (nSPS) is 10.9. The number of hydrogen-bond acceptors (Lipinski definition) is 4. The van der Waals surface area contributed by atoms with Crippen LogP contribution in [0.4, 0.5) is 4.79 Å². The highest BCUT2D eigenvalue weighted by atomic mass is 31.1. The van der Waals surface area contributed by atoms with Gasteiger partial charge >= 0.3 is 14.3 Å². The molecule has 0 saturated heterocycles. The molecule has 6 nitrogen and oxygen atoms in total. The number of nitrogens with one attached hydrogen (secondary N) is 1. The van der Waals surface area contributed by atoms with Gasteiger partial charge in [0.15, 0.2) is 0 Å². The van der Waals surface area contributed by atoms with Gasteiger partial charge in [0, 0.05) is 0 Å². The number of carbonyl (C=O) groups is 1. The highest BCUT2D eigenvalue weighted by Crippen LogP contribution is 2.11. The predicted octanol–water partition coefficient (Wildman–Crippen LogP) is 1.90. The number of rotatable bonds is 5. The lowest BCUT2D eigenvalue weighted by atomic mass is 10.4. The van der Waals surface area contributed by atoms with E-state index in [-0.39, 0.29) is 13.3 Å². The first-order valence-corrected chi connectivity index (χ1v) is 6.11. The van der Waals surface area contributed by atoms with Crippen molar-refractivity contribution in [2.24, 2.45) is 0 Å². The van der Waals surface area contributed by atoms with Crippen molar-refractivity contribution in [3.8, 4) is 0 Å². The summed E-state index contributed by atoms with van der Waals surface area (Å²) in [6.07, 6.45) is 1.97. The Morgan fingerprint density at radius 2 is 1.87 bits per heavy atom. The lowest BCUT2D eigenvalue weighted by molar-refractivity contribution is 0.141. The highest BCUT2D eigenvalue weighted by molar-refractivity contribution is 7.32. The van der Waals surface area contributed by atoms with Gasteiger partial charge in [-0.25, -0.2) is 4.79 Å². The first-order valence-electron chi connectivity index (χ1n) is 4.84. The maximum atomic E-state index is 10.4. The van der Waals surface area contributed by atoms with Gasteiger partial charge in [-0.1, -0.05) is 26.7 Å². The number of alkyl carbamates (subject to hydrolysis) is 1. The van der Waals surface area contributed by atoms with Crippen molar-refractivity contribution in [3.05, 3.63) is 0 Å². The molecule has 7 heteroatoms.